The molecule has 1 N–H and O–H groups in total. The Kier molecular flexibility index (Phi) is 5.40. The smallest absolute Gasteiger partial charge is 0.0715 e. The summed E-state index contributed by atoms with van der Waals surface area (Å²) in [7, 11) is 0. The van der Waals surface area contributed by atoms with Crippen molar-refractivity contribution in [2.75, 3.05) is 11.9 Å². The molecule has 0 aliphatic rings. The Balaban J connectivity index is 2.29. The summed E-state index contributed by atoms with van der Waals surface area (Å²) in [5.74, 6) is -1.13. The summed E-state index contributed by atoms with van der Waals surface area (Å²) in [6, 6.07) is 6.66. The molecule has 3 nitrogen and oxygen atoms in total. The van der Waals surface area contributed by atoms with Crippen LogP contribution in [0.2, 0.25) is 0 Å². The second kappa shape index (κ2) is 6.88. The van der Waals surface area contributed by atoms with Gasteiger partial charge in [0.1, 0.15) is 0 Å². The number of carbonyl (C=O) groups is 1. The number of nitrogens with one attached hydrogen (secondary N) is 1. The molecule has 3 heteroatoms. The first-order chi connectivity index (χ1) is 7.74. The topological polar surface area (TPSA) is 52.2 Å². The highest BCUT2D eigenvalue weighted by Gasteiger charge is 1.94. The van der Waals surface area contributed by atoms with E-state index < -0.39 is 5.97 Å². The lowest BCUT2D eigenvalue weighted by atomic mass is 10.2. The van der Waals surface area contributed by atoms with Gasteiger partial charge in [-0.05, 0) is 24.1 Å². The van der Waals surface area contributed by atoms with E-state index in [-0.39, 0.29) is 5.56 Å². The Morgan fingerprint density at radius 1 is 1.19 bits per heavy atom. The maximum atomic E-state index is 10.5. The normalized spacial score (nSPS) is 10.1. The van der Waals surface area contributed by atoms with Crippen LogP contribution in [0.5, 0.6) is 0 Å². The molecular weight excluding hydrogens is 202 g/mol. The fourth-order valence-electron chi connectivity index (χ4n) is 1.51. The fraction of sp³-hybridized carbons (Fsp3) is 0.462. The quantitative estimate of drug-likeness (QED) is 0.715. The lowest BCUT2D eigenvalue weighted by molar-refractivity contribution is -0.255. The molecule has 0 fully saturated rings. The lowest BCUT2D eigenvalue weighted by Crippen LogP contribution is -2.21. The van der Waals surface area contributed by atoms with Crippen molar-refractivity contribution in [2.45, 2.75) is 32.6 Å². The van der Waals surface area contributed by atoms with Gasteiger partial charge in [0.2, 0.25) is 0 Å². The zero-order valence-corrected chi connectivity index (χ0v) is 9.66. The number of benzene rings is 1. The van der Waals surface area contributed by atoms with Gasteiger partial charge in [-0.2, -0.15) is 0 Å². The fourth-order valence-corrected chi connectivity index (χ4v) is 1.51. The summed E-state index contributed by atoms with van der Waals surface area (Å²) in [5.41, 5.74) is 1.18. The number of rotatable bonds is 7. The van der Waals surface area contributed by atoms with Crippen LogP contribution in [0.25, 0.3) is 0 Å². The first-order valence-electron chi connectivity index (χ1n) is 5.79. The van der Waals surface area contributed by atoms with E-state index in [4.69, 9.17) is 0 Å². The highest BCUT2D eigenvalue weighted by Crippen LogP contribution is 2.09. The molecular formula is C13H18NO2-. The average Bonchev–Trinajstić information content (AvgIpc) is 2.29. The molecule has 0 saturated heterocycles. The van der Waals surface area contributed by atoms with Gasteiger partial charge in [-0.15, -0.1) is 0 Å². The molecule has 0 aromatic heterocycles. The van der Waals surface area contributed by atoms with E-state index in [1.165, 1.54) is 19.3 Å². The van der Waals surface area contributed by atoms with Gasteiger partial charge >= 0.3 is 0 Å². The van der Waals surface area contributed by atoms with E-state index in [2.05, 4.69) is 12.2 Å². The predicted molar refractivity (Wildman–Crippen MR) is 63.4 cm³/mol. The molecule has 0 radical (unpaired) electrons. The van der Waals surface area contributed by atoms with Gasteiger partial charge in [0, 0.05) is 12.2 Å². The van der Waals surface area contributed by atoms with Crippen LogP contribution >= 0.6 is 0 Å². The van der Waals surface area contributed by atoms with Crippen molar-refractivity contribution >= 4 is 11.7 Å². The molecule has 0 heterocycles. The minimum atomic E-state index is -1.13. The number of hydrogen-bond donors (Lipinski definition) is 1. The predicted octanol–water partition coefficient (Wildman–Crippen LogP) is 2.04. The molecule has 0 saturated carbocycles. The third kappa shape index (κ3) is 4.34. The first-order valence-corrected chi connectivity index (χ1v) is 5.79. The van der Waals surface area contributed by atoms with Crippen LogP contribution < -0.4 is 10.4 Å². The summed E-state index contributed by atoms with van der Waals surface area (Å²) in [6.07, 6.45) is 4.89. The van der Waals surface area contributed by atoms with Crippen LogP contribution in [-0.2, 0) is 0 Å². The van der Waals surface area contributed by atoms with Gasteiger partial charge < -0.3 is 15.2 Å². The van der Waals surface area contributed by atoms with Crippen LogP contribution in [0.15, 0.2) is 24.3 Å². The number of carbonyl (C=O) groups excluding carboxylic acids is 1. The van der Waals surface area contributed by atoms with Crippen LogP contribution in [0, 0.1) is 0 Å². The molecule has 0 spiro atoms. The molecule has 0 unspecified atom stereocenters. The second-order valence-corrected chi connectivity index (χ2v) is 3.85. The van der Waals surface area contributed by atoms with E-state index in [1.54, 1.807) is 24.3 Å². The molecule has 1 rings (SSSR count). The highest BCUT2D eigenvalue weighted by molar-refractivity contribution is 5.86. The Bertz CT molecular complexity index is 319. The number of anilines is 1. The molecule has 0 amide bonds. The zero-order chi connectivity index (χ0) is 11.8. The minimum absolute atomic E-state index is 0.219. The molecule has 88 valence electrons. The van der Waals surface area contributed by atoms with Gasteiger partial charge in [-0.3, -0.25) is 0 Å². The maximum absolute atomic E-state index is 10.5. The molecule has 1 aromatic carbocycles. The highest BCUT2D eigenvalue weighted by atomic mass is 16.4. The maximum Gasteiger partial charge on any atom is 0.0715 e. The molecule has 0 bridgehead atoms. The van der Waals surface area contributed by atoms with Crippen molar-refractivity contribution in [1.29, 1.82) is 0 Å². The molecule has 0 aliphatic carbocycles. The summed E-state index contributed by atoms with van der Waals surface area (Å²) in [5, 5.41) is 13.8. The van der Waals surface area contributed by atoms with Crippen molar-refractivity contribution in [2.24, 2.45) is 0 Å². The van der Waals surface area contributed by atoms with Gasteiger partial charge in [0.15, 0.2) is 0 Å². The average molecular weight is 220 g/mol. The Hall–Kier alpha value is -1.51. The number of aromatic carboxylic acids is 1. The van der Waals surface area contributed by atoms with Crippen LogP contribution in [0.4, 0.5) is 5.69 Å². The van der Waals surface area contributed by atoms with Crippen LogP contribution in [-0.4, -0.2) is 12.5 Å². The third-order valence-electron chi connectivity index (χ3n) is 2.48. The van der Waals surface area contributed by atoms with Crippen molar-refractivity contribution < 1.29 is 9.90 Å². The number of carboxylic acids is 1. The number of unbranched alkanes of at least 4 members (excludes halogenated alkanes) is 3. The lowest BCUT2D eigenvalue weighted by Gasteiger charge is -2.07. The van der Waals surface area contributed by atoms with E-state index >= 15 is 0 Å². The Labute approximate surface area is 96.5 Å². The SMILES string of the molecule is CCCCCCNc1ccc(C(=O)[O-])cc1. The first kappa shape index (κ1) is 12.6. The summed E-state index contributed by atoms with van der Waals surface area (Å²) < 4.78 is 0. The minimum Gasteiger partial charge on any atom is -0.545 e. The zero-order valence-electron chi connectivity index (χ0n) is 9.66. The van der Waals surface area contributed by atoms with Crippen molar-refractivity contribution in [1.82, 2.24) is 0 Å². The molecule has 0 aliphatic heterocycles. The molecule has 16 heavy (non-hydrogen) atoms. The Morgan fingerprint density at radius 2 is 1.88 bits per heavy atom. The monoisotopic (exact) mass is 220 g/mol. The van der Waals surface area contributed by atoms with Gasteiger partial charge in [0.05, 0.1) is 5.97 Å². The van der Waals surface area contributed by atoms with E-state index in [9.17, 15) is 9.90 Å². The summed E-state index contributed by atoms with van der Waals surface area (Å²) >= 11 is 0. The molecule has 0 atom stereocenters. The van der Waals surface area contributed by atoms with Gasteiger partial charge in [-0.25, -0.2) is 0 Å². The number of hydrogen-bond acceptors (Lipinski definition) is 3. The Morgan fingerprint density at radius 3 is 2.44 bits per heavy atom. The standard InChI is InChI=1S/C13H19NO2/c1-2-3-4-5-10-14-12-8-6-11(7-9-12)13(15)16/h6-9,14H,2-5,10H2,1H3,(H,15,16)/p-1. The largest absolute Gasteiger partial charge is 0.545 e. The van der Waals surface area contributed by atoms with Crippen molar-refractivity contribution in [3.8, 4) is 0 Å². The van der Waals surface area contributed by atoms with Crippen LogP contribution in [0.1, 0.15) is 43.0 Å². The summed E-state index contributed by atoms with van der Waals surface area (Å²) in [6.45, 7) is 3.12. The number of carboxylic acid groups (broad SMARTS) is 1. The van der Waals surface area contributed by atoms with Gasteiger partial charge in [0.25, 0.3) is 0 Å². The molecule has 1 aromatic rings. The van der Waals surface area contributed by atoms with E-state index in [0.29, 0.717) is 0 Å². The summed E-state index contributed by atoms with van der Waals surface area (Å²) in [4.78, 5) is 10.5. The van der Waals surface area contributed by atoms with Crippen molar-refractivity contribution in [3.63, 3.8) is 0 Å². The second-order valence-electron chi connectivity index (χ2n) is 3.85. The van der Waals surface area contributed by atoms with E-state index in [0.717, 1.165) is 18.7 Å². The van der Waals surface area contributed by atoms with Crippen LogP contribution in [0.3, 0.4) is 0 Å². The van der Waals surface area contributed by atoms with Crippen molar-refractivity contribution in [3.05, 3.63) is 29.8 Å². The van der Waals surface area contributed by atoms with Gasteiger partial charge in [-0.1, -0.05) is 38.3 Å². The third-order valence-corrected chi connectivity index (χ3v) is 2.48. The van der Waals surface area contributed by atoms with E-state index in [1.807, 2.05) is 0 Å².